The molecule has 1 aromatic rings. The molecule has 116 valence electrons. The minimum absolute atomic E-state index is 0.0178. The van der Waals surface area contributed by atoms with Crippen LogP contribution < -0.4 is 5.32 Å². The lowest BCUT2D eigenvalue weighted by Gasteiger charge is -2.21. The minimum atomic E-state index is -0.502. The van der Waals surface area contributed by atoms with Crippen LogP contribution in [0.3, 0.4) is 0 Å². The molecule has 1 aliphatic heterocycles. The lowest BCUT2D eigenvalue weighted by atomic mass is 10.2. The van der Waals surface area contributed by atoms with E-state index >= 15 is 0 Å². The molecule has 1 aromatic heterocycles. The minimum Gasteiger partial charge on any atom is -0.461 e. The summed E-state index contributed by atoms with van der Waals surface area (Å²) in [4.78, 5) is 25.6. The molecule has 6 nitrogen and oxygen atoms in total. The molecule has 0 radical (unpaired) electrons. The zero-order valence-electron chi connectivity index (χ0n) is 12.7. The number of rotatable bonds is 4. The number of nitrogens with one attached hydrogen (secondary N) is 1. The van der Waals surface area contributed by atoms with Crippen molar-refractivity contribution in [3.05, 3.63) is 24.2 Å². The summed E-state index contributed by atoms with van der Waals surface area (Å²) in [7, 11) is 0. The molecule has 0 saturated carbocycles. The van der Waals surface area contributed by atoms with E-state index in [1.807, 2.05) is 25.7 Å². The van der Waals surface area contributed by atoms with Crippen molar-refractivity contribution in [2.24, 2.45) is 0 Å². The summed E-state index contributed by atoms with van der Waals surface area (Å²) in [6, 6.07) is 3.38. The maximum atomic E-state index is 11.9. The molecule has 1 aliphatic rings. The van der Waals surface area contributed by atoms with Crippen molar-refractivity contribution >= 4 is 11.9 Å². The van der Waals surface area contributed by atoms with Gasteiger partial charge in [-0.15, -0.1) is 0 Å². The molecule has 1 fully saturated rings. The van der Waals surface area contributed by atoms with Gasteiger partial charge < -0.3 is 14.5 Å². The van der Waals surface area contributed by atoms with Crippen LogP contribution in [0.4, 0.5) is 4.79 Å². The van der Waals surface area contributed by atoms with Crippen molar-refractivity contribution < 1.29 is 18.7 Å². The number of amides is 1. The second-order valence-corrected chi connectivity index (χ2v) is 6.27. The Morgan fingerprint density at radius 3 is 2.86 bits per heavy atom. The Kier molecular flexibility index (Phi) is 4.67. The Morgan fingerprint density at radius 1 is 1.48 bits per heavy atom. The van der Waals surface area contributed by atoms with Crippen molar-refractivity contribution in [1.82, 2.24) is 10.2 Å². The number of ketones is 1. The van der Waals surface area contributed by atoms with Gasteiger partial charge >= 0.3 is 6.09 Å². The summed E-state index contributed by atoms with van der Waals surface area (Å²) in [5, 5.41) is 2.84. The molecule has 0 bridgehead atoms. The van der Waals surface area contributed by atoms with Crippen molar-refractivity contribution in [2.45, 2.75) is 38.8 Å². The summed E-state index contributed by atoms with van der Waals surface area (Å²) >= 11 is 0. The van der Waals surface area contributed by atoms with Crippen LogP contribution in [0, 0.1) is 0 Å². The summed E-state index contributed by atoms with van der Waals surface area (Å²) < 4.78 is 10.3. The fourth-order valence-electron chi connectivity index (χ4n) is 2.29. The second kappa shape index (κ2) is 6.30. The van der Waals surface area contributed by atoms with Crippen LogP contribution >= 0.6 is 0 Å². The van der Waals surface area contributed by atoms with Crippen LogP contribution in [0.25, 0.3) is 0 Å². The lowest BCUT2D eigenvalue weighted by Crippen LogP contribution is -2.41. The molecule has 1 unspecified atom stereocenters. The SMILES string of the molecule is CC(C)(C)OC(=O)NC1CCN(CC(=O)c2ccco2)C1. The number of likely N-dealkylation sites (tertiary alicyclic amines) is 1. The molecular formula is C15H22N2O4. The van der Waals surface area contributed by atoms with E-state index in [0.29, 0.717) is 18.8 Å². The van der Waals surface area contributed by atoms with Gasteiger partial charge in [-0.1, -0.05) is 0 Å². The molecule has 1 N–H and O–H groups in total. The largest absolute Gasteiger partial charge is 0.461 e. The van der Waals surface area contributed by atoms with Crippen LogP contribution in [0.1, 0.15) is 37.7 Å². The first-order valence-electron chi connectivity index (χ1n) is 7.12. The van der Waals surface area contributed by atoms with E-state index in [-0.39, 0.29) is 11.8 Å². The van der Waals surface area contributed by atoms with E-state index in [2.05, 4.69) is 5.32 Å². The molecule has 21 heavy (non-hydrogen) atoms. The molecule has 6 heteroatoms. The number of hydrogen-bond donors (Lipinski definition) is 1. The smallest absolute Gasteiger partial charge is 0.407 e. The van der Waals surface area contributed by atoms with Gasteiger partial charge in [-0.3, -0.25) is 9.69 Å². The van der Waals surface area contributed by atoms with Gasteiger partial charge in [0.15, 0.2) is 5.76 Å². The van der Waals surface area contributed by atoms with Gasteiger partial charge in [0.05, 0.1) is 12.8 Å². The number of Topliss-reactive ketones (excluding diaryl/α,β-unsaturated/α-hetero) is 1. The molecule has 1 atom stereocenters. The van der Waals surface area contributed by atoms with E-state index in [9.17, 15) is 9.59 Å². The summed E-state index contributed by atoms with van der Waals surface area (Å²) in [5.74, 6) is 0.330. The van der Waals surface area contributed by atoms with E-state index in [0.717, 1.165) is 13.0 Å². The maximum absolute atomic E-state index is 11.9. The Morgan fingerprint density at radius 2 is 2.24 bits per heavy atom. The quantitative estimate of drug-likeness (QED) is 0.861. The van der Waals surface area contributed by atoms with Crippen molar-refractivity contribution in [2.75, 3.05) is 19.6 Å². The third-order valence-corrected chi connectivity index (χ3v) is 3.16. The molecule has 1 saturated heterocycles. The average molecular weight is 294 g/mol. The van der Waals surface area contributed by atoms with E-state index in [1.165, 1.54) is 6.26 Å². The van der Waals surface area contributed by atoms with Crippen molar-refractivity contribution in [3.63, 3.8) is 0 Å². The van der Waals surface area contributed by atoms with Gasteiger partial charge in [0.1, 0.15) is 5.60 Å². The highest BCUT2D eigenvalue weighted by Gasteiger charge is 2.27. The highest BCUT2D eigenvalue weighted by atomic mass is 16.6. The van der Waals surface area contributed by atoms with Crippen LogP contribution in [0.15, 0.2) is 22.8 Å². The highest BCUT2D eigenvalue weighted by Crippen LogP contribution is 2.13. The number of alkyl carbamates (subject to hydrolysis) is 1. The average Bonchev–Trinajstić information content (AvgIpc) is 2.97. The topological polar surface area (TPSA) is 71.8 Å². The van der Waals surface area contributed by atoms with Gasteiger partial charge in [-0.2, -0.15) is 0 Å². The fraction of sp³-hybridized carbons (Fsp3) is 0.600. The van der Waals surface area contributed by atoms with Gasteiger partial charge in [0.25, 0.3) is 0 Å². The van der Waals surface area contributed by atoms with Gasteiger partial charge in [0, 0.05) is 19.1 Å². The summed E-state index contributed by atoms with van der Waals surface area (Å²) in [6.07, 6.45) is 1.89. The van der Waals surface area contributed by atoms with Crippen LogP contribution in [0.5, 0.6) is 0 Å². The number of ether oxygens (including phenoxy) is 1. The molecule has 1 amide bonds. The second-order valence-electron chi connectivity index (χ2n) is 6.27. The molecule has 2 heterocycles. The summed E-state index contributed by atoms with van der Waals surface area (Å²) in [5.41, 5.74) is -0.502. The summed E-state index contributed by atoms with van der Waals surface area (Å²) in [6.45, 7) is 7.21. The Bertz CT molecular complexity index is 490. The molecular weight excluding hydrogens is 272 g/mol. The lowest BCUT2D eigenvalue weighted by molar-refractivity contribution is 0.0506. The fourth-order valence-corrected chi connectivity index (χ4v) is 2.29. The third kappa shape index (κ3) is 4.90. The van der Waals surface area contributed by atoms with Gasteiger partial charge in [-0.05, 0) is 39.3 Å². The molecule has 0 spiro atoms. The first-order valence-corrected chi connectivity index (χ1v) is 7.12. The number of hydrogen-bond acceptors (Lipinski definition) is 5. The number of furan rings is 1. The van der Waals surface area contributed by atoms with Gasteiger partial charge in [0.2, 0.25) is 5.78 Å². The number of carbonyl (C=O) groups is 2. The molecule has 0 aliphatic carbocycles. The first-order chi connectivity index (χ1) is 9.83. The number of nitrogens with zero attached hydrogens (tertiary/aromatic N) is 1. The monoisotopic (exact) mass is 294 g/mol. The van der Waals surface area contributed by atoms with Crippen LogP contribution in [-0.2, 0) is 4.74 Å². The third-order valence-electron chi connectivity index (χ3n) is 3.16. The molecule has 2 rings (SSSR count). The predicted octanol–water partition coefficient (Wildman–Crippen LogP) is 2.06. The van der Waals surface area contributed by atoms with Gasteiger partial charge in [-0.25, -0.2) is 4.79 Å². The zero-order chi connectivity index (χ0) is 15.5. The van der Waals surface area contributed by atoms with Crippen molar-refractivity contribution in [1.29, 1.82) is 0 Å². The normalized spacial score (nSPS) is 19.5. The van der Waals surface area contributed by atoms with E-state index in [4.69, 9.17) is 9.15 Å². The predicted molar refractivity (Wildman–Crippen MR) is 77.3 cm³/mol. The Labute approximate surface area is 124 Å². The number of carbonyl (C=O) groups excluding carboxylic acids is 2. The Hall–Kier alpha value is -1.82. The first kappa shape index (κ1) is 15.6. The highest BCUT2D eigenvalue weighted by molar-refractivity contribution is 5.95. The zero-order valence-corrected chi connectivity index (χ0v) is 12.7. The van der Waals surface area contributed by atoms with E-state index in [1.54, 1.807) is 12.1 Å². The van der Waals surface area contributed by atoms with Crippen LogP contribution in [-0.4, -0.2) is 48.1 Å². The molecule has 0 aromatic carbocycles. The van der Waals surface area contributed by atoms with Crippen LogP contribution in [0.2, 0.25) is 0 Å². The standard InChI is InChI=1S/C15H22N2O4/c1-15(2,3)21-14(19)16-11-6-7-17(9-11)10-12(18)13-5-4-8-20-13/h4-5,8,11H,6-7,9-10H2,1-3H3,(H,16,19). The van der Waals surface area contributed by atoms with Crippen molar-refractivity contribution in [3.8, 4) is 0 Å². The Balaban J connectivity index is 1.76. The van der Waals surface area contributed by atoms with E-state index < -0.39 is 11.7 Å². The maximum Gasteiger partial charge on any atom is 0.407 e.